The molecule has 0 heterocycles. The second-order valence-corrected chi connectivity index (χ2v) is 4.59. The Labute approximate surface area is 115 Å². The molecule has 4 nitrogen and oxygen atoms in total. The highest BCUT2D eigenvalue weighted by atomic mass is 16.5. The van der Waals surface area contributed by atoms with Crippen molar-refractivity contribution in [3.8, 4) is 0 Å². The first-order valence-corrected chi connectivity index (χ1v) is 6.76. The number of hydrogen-bond donors (Lipinski definition) is 2. The largest absolute Gasteiger partial charge is 0.383 e. The Balaban J connectivity index is 2.79. The van der Waals surface area contributed by atoms with Gasteiger partial charge < -0.3 is 15.4 Å². The van der Waals surface area contributed by atoms with Gasteiger partial charge in [0.2, 0.25) is 0 Å². The smallest absolute Gasteiger partial charge is 0.251 e. The fourth-order valence-corrected chi connectivity index (χ4v) is 1.91. The minimum atomic E-state index is -0.0268. The Morgan fingerprint density at radius 3 is 2.63 bits per heavy atom. The molecular weight excluding hydrogens is 240 g/mol. The van der Waals surface area contributed by atoms with E-state index in [9.17, 15) is 4.79 Å². The molecule has 0 radical (unpaired) electrons. The molecule has 0 aliphatic carbocycles. The molecule has 1 aromatic carbocycles. The van der Waals surface area contributed by atoms with Gasteiger partial charge in [-0.15, -0.1) is 0 Å². The van der Waals surface area contributed by atoms with Crippen LogP contribution in [0.25, 0.3) is 0 Å². The number of hydrogen-bond acceptors (Lipinski definition) is 3. The van der Waals surface area contributed by atoms with Crippen LogP contribution >= 0.6 is 0 Å². The van der Waals surface area contributed by atoms with Gasteiger partial charge in [-0.25, -0.2) is 0 Å². The highest BCUT2D eigenvalue weighted by Gasteiger charge is 2.10. The molecule has 19 heavy (non-hydrogen) atoms. The predicted molar refractivity (Wildman–Crippen MR) is 78.8 cm³/mol. The van der Waals surface area contributed by atoms with E-state index < -0.39 is 0 Å². The first kappa shape index (κ1) is 15.5. The molecule has 1 amide bonds. The average Bonchev–Trinajstić information content (AvgIpc) is 2.40. The molecule has 0 aliphatic heterocycles. The van der Waals surface area contributed by atoms with E-state index in [2.05, 4.69) is 17.6 Å². The van der Waals surface area contributed by atoms with Crippen LogP contribution < -0.4 is 10.6 Å². The van der Waals surface area contributed by atoms with E-state index in [1.54, 1.807) is 7.11 Å². The van der Waals surface area contributed by atoms with E-state index in [4.69, 9.17) is 4.74 Å². The van der Waals surface area contributed by atoms with Crippen LogP contribution in [0.3, 0.4) is 0 Å². The Hall–Kier alpha value is -1.55. The van der Waals surface area contributed by atoms with Gasteiger partial charge in [0.1, 0.15) is 0 Å². The predicted octanol–water partition coefficient (Wildman–Crippen LogP) is 2.58. The monoisotopic (exact) mass is 264 g/mol. The minimum absolute atomic E-state index is 0.0268. The van der Waals surface area contributed by atoms with Crippen LogP contribution in [-0.2, 0) is 4.74 Å². The number of amides is 1. The number of ether oxygens (including phenoxy) is 1. The highest BCUT2D eigenvalue weighted by Crippen LogP contribution is 2.18. The van der Waals surface area contributed by atoms with Crippen molar-refractivity contribution in [3.63, 3.8) is 0 Å². The van der Waals surface area contributed by atoms with E-state index in [1.165, 1.54) is 0 Å². The lowest BCUT2D eigenvalue weighted by atomic mass is 10.1. The van der Waals surface area contributed by atoms with Crippen LogP contribution in [0.2, 0.25) is 0 Å². The standard InChI is InChI=1S/C15H24N2O2/c1-5-13(10-19-4)17-14-8-7-12(9-11(14)3)15(18)16-6-2/h7-9,13,17H,5-6,10H2,1-4H3,(H,16,18). The zero-order valence-corrected chi connectivity index (χ0v) is 12.2. The third-order valence-electron chi connectivity index (χ3n) is 3.05. The zero-order valence-electron chi connectivity index (χ0n) is 12.2. The molecule has 2 N–H and O–H groups in total. The molecule has 4 heteroatoms. The Morgan fingerprint density at radius 1 is 1.37 bits per heavy atom. The van der Waals surface area contributed by atoms with Crippen LogP contribution in [0, 0.1) is 6.92 Å². The highest BCUT2D eigenvalue weighted by molar-refractivity contribution is 5.94. The number of benzene rings is 1. The molecule has 1 rings (SSSR count). The van der Waals surface area contributed by atoms with Crippen molar-refractivity contribution in [2.24, 2.45) is 0 Å². The van der Waals surface area contributed by atoms with Gasteiger partial charge in [0.15, 0.2) is 0 Å². The molecule has 0 aliphatic rings. The van der Waals surface area contributed by atoms with Gasteiger partial charge in [-0.05, 0) is 44.0 Å². The average molecular weight is 264 g/mol. The maximum atomic E-state index is 11.7. The summed E-state index contributed by atoms with van der Waals surface area (Å²) in [5.74, 6) is -0.0268. The van der Waals surface area contributed by atoms with E-state index >= 15 is 0 Å². The van der Waals surface area contributed by atoms with Crippen molar-refractivity contribution >= 4 is 11.6 Å². The molecule has 0 spiro atoms. The van der Waals surface area contributed by atoms with Crippen molar-refractivity contribution in [3.05, 3.63) is 29.3 Å². The SMILES string of the molecule is CCNC(=O)c1ccc(NC(CC)COC)c(C)c1. The van der Waals surface area contributed by atoms with E-state index in [0.29, 0.717) is 24.8 Å². The van der Waals surface area contributed by atoms with Gasteiger partial charge in [-0.1, -0.05) is 6.92 Å². The summed E-state index contributed by atoms with van der Waals surface area (Å²) in [6.07, 6.45) is 0.991. The minimum Gasteiger partial charge on any atom is -0.383 e. The van der Waals surface area contributed by atoms with Crippen LogP contribution in [-0.4, -0.2) is 32.2 Å². The second-order valence-electron chi connectivity index (χ2n) is 4.59. The summed E-state index contributed by atoms with van der Waals surface area (Å²) < 4.78 is 5.17. The van der Waals surface area contributed by atoms with Crippen molar-refractivity contribution in [2.75, 3.05) is 25.6 Å². The zero-order chi connectivity index (χ0) is 14.3. The summed E-state index contributed by atoms with van der Waals surface area (Å²) >= 11 is 0. The number of aryl methyl sites for hydroxylation is 1. The van der Waals surface area contributed by atoms with Crippen LogP contribution in [0.15, 0.2) is 18.2 Å². The van der Waals surface area contributed by atoms with Crippen molar-refractivity contribution in [1.82, 2.24) is 5.32 Å². The number of carbonyl (C=O) groups excluding carboxylic acids is 1. The molecule has 0 bridgehead atoms. The molecule has 0 fully saturated rings. The molecule has 1 atom stereocenters. The fraction of sp³-hybridized carbons (Fsp3) is 0.533. The van der Waals surface area contributed by atoms with Crippen LogP contribution in [0.5, 0.6) is 0 Å². The third-order valence-corrected chi connectivity index (χ3v) is 3.05. The molecule has 1 aromatic rings. The summed E-state index contributed by atoms with van der Waals surface area (Å²) in [4.78, 5) is 11.7. The molecule has 106 valence electrons. The van der Waals surface area contributed by atoms with Crippen LogP contribution in [0.1, 0.15) is 36.2 Å². The normalized spacial score (nSPS) is 12.0. The maximum absolute atomic E-state index is 11.7. The molecule has 0 saturated carbocycles. The summed E-state index contributed by atoms with van der Waals surface area (Å²) in [7, 11) is 1.70. The van der Waals surface area contributed by atoms with Crippen molar-refractivity contribution < 1.29 is 9.53 Å². The lowest BCUT2D eigenvalue weighted by Gasteiger charge is -2.19. The number of carbonyl (C=O) groups is 1. The number of rotatable bonds is 7. The lowest BCUT2D eigenvalue weighted by Crippen LogP contribution is -2.25. The number of anilines is 1. The first-order valence-electron chi connectivity index (χ1n) is 6.76. The Bertz CT molecular complexity index is 419. The lowest BCUT2D eigenvalue weighted by molar-refractivity contribution is 0.0956. The molecule has 1 unspecified atom stereocenters. The fourth-order valence-electron chi connectivity index (χ4n) is 1.91. The molecule has 0 saturated heterocycles. The maximum Gasteiger partial charge on any atom is 0.251 e. The quantitative estimate of drug-likeness (QED) is 0.796. The summed E-state index contributed by atoms with van der Waals surface area (Å²) in [6, 6.07) is 6.00. The first-order chi connectivity index (χ1) is 9.12. The van der Waals surface area contributed by atoms with E-state index in [-0.39, 0.29) is 5.91 Å². The van der Waals surface area contributed by atoms with Crippen molar-refractivity contribution in [2.45, 2.75) is 33.2 Å². The van der Waals surface area contributed by atoms with Gasteiger partial charge in [0.05, 0.1) is 6.61 Å². The van der Waals surface area contributed by atoms with E-state index in [0.717, 1.165) is 17.7 Å². The Kier molecular flexibility index (Phi) is 6.36. The van der Waals surface area contributed by atoms with Gasteiger partial charge in [-0.3, -0.25) is 4.79 Å². The summed E-state index contributed by atoms with van der Waals surface area (Å²) in [6.45, 7) is 7.36. The number of methoxy groups -OCH3 is 1. The summed E-state index contributed by atoms with van der Waals surface area (Å²) in [5.41, 5.74) is 2.82. The second kappa shape index (κ2) is 7.79. The van der Waals surface area contributed by atoms with Gasteiger partial charge in [-0.2, -0.15) is 0 Å². The molecule has 0 aromatic heterocycles. The third kappa shape index (κ3) is 4.56. The van der Waals surface area contributed by atoms with Crippen molar-refractivity contribution in [1.29, 1.82) is 0 Å². The van der Waals surface area contributed by atoms with Gasteiger partial charge in [0.25, 0.3) is 5.91 Å². The van der Waals surface area contributed by atoms with Crippen LogP contribution in [0.4, 0.5) is 5.69 Å². The topological polar surface area (TPSA) is 50.4 Å². The van der Waals surface area contributed by atoms with E-state index in [1.807, 2.05) is 32.0 Å². The molecular formula is C15H24N2O2. The Morgan fingerprint density at radius 2 is 2.11 bits per heavy atom. The summed E-state index contributed by atoms with van der Waals surface area (Å²) in [5, 5.41) is 6.24. The van der Waals surface area contributed by atoms with Gasteiger partial charge in [0, 0.05) is 30.9 Å². The van der Waals surface area contributed by atoms with Gasteiger partial charge >= 0.3 is 0 Å². The number of nitrogens with one attached hydrogen (secondary N) is 2.